The predicted octanol–water partition coefficient (Wildman–Crippen LogP) is 1.92. The zero-order valence-electron chi connectivity index (χ0n) is 10.9. The largest absolute Gasteiger partial charge is 0.461 e. The number of hydrogen-bond donors (Lipinski definition) is 0. The average Bonchev–Trinajstić information content (AvgIpc) is 2.33. The van der Waals surface area contributed by atoms with E-state index in [1.165, 1.54) is 0 Å². The van der Waals surface area contributed by atoms with Crippen molar-refractivity contribution in [1.82, 2.24) is 0 Å². The molecule has 0 aromatic carbocycles. The summed E-state index contributed by atoms with van der Waals surface area (Å²) in [6.45, 7) is 7.66. The Balaban J connectivity index is 1.93. The van der Waals surface area contributed by atoms with Gasteiger partial charge in [0.1, 0.15) is 12.7 Å². The lowest BCUT2D eigenvalue weighted by atomic mass is 9.60. The highest BCUT2D eigenvalue weighted by atomic mass is 16.6. The fourth-order valence-electron chi connectivity index (χ4n) is 2.47. The van der Waals surface area contributed by atoms with Gasteiger partial charge in [-0.3, -0.25) is 9.59 Å². The van der Waals surface area contributed by atoms with Crippen LogP contribution >= 0.6 is 0 Å². The predicted molar refractivity (Wildman–Crippen MR) is 61.1 cm³/mol. The van der Waals surface area contributed by atoms with Gasteiger partial charge in [0.05, 0.1) is 11.3 Å². The highest BCUT2D eigenvalue weighted by molar-refractivity contribution is 5.78. The first-order chi connectivity index (χ1) is 7.75. The van der Waals surface area contributed by atoms with E-state index in [1.807, 2.05) is 27.7 Å². The van der Waals surface area contributed by atoms with E-state index in [1.54, 1.807) is 0 Å². The van der Waals surface area contributed by atoms with Gasteiger partial charge in [-0.15, -0.1) is 0 Å². The van der Waals surface area contributed by atoms with E-state index in [4.69, 9.17) is 9.47 Å². The molecule has 0 bridgehead atoms. The smallest absolute Gasteiger partial charge is 0.311 e. The molecule has 0 spiro atoms. The molecule has 17 heavy (non-hydrogen) atoms. The van der Waals surface area contributed by atoms with Crippen molar-refractivity contribution in [3.8, 4) is 0 Å². The molecule has 1 aliphatic heterocycles. The molecule has 4 nitrogen and oxygen atoms in total. The first-order valence-electron chi connectivity index (χ1n) is 6.13. The third-order valence-corrected chi connectivity index (χ3v) is 4.02. The Morgan fingerprint density at radius 3 is 2.59 bits per heavy atom. The zero-order valence-corrected chi connectivity index (χ0v) is 10.9. The fourth-order valence-corrected chi connectivity index (χ4v) is 2.47. The van der Waals surface area contributed by atoms with Crippen LogP contribution in [0.25, 0.3) is 0 Å². The Hall–Kier alpha value is -1.06. The molecule has 2 rings (SSSR count). The Bertz CT molecular complexity index is 355. The van der Waals surface area contributed by atoms with E-state index in [0.29, 0.717) is 0 Å². The lowest BCUT2D eigenvalue weighted by molar-refractivity contribution is -0.161. The Morgan fingerprint density at radius 1 is 1.53 bits per heavy atom. The lowest BCUT2D eigenvalue weighted by Gasteiger charge is -2.41. The molecule has 96 valence electrons. The Kier molecular flexibility index (Phi) is 2.71. The van der Waals surface area contributed by atoms with Gasteiger partial charge in [0.25, 0.3) is 0 Å². The molecule has 0 unspecified atom stereocenters. The van der Waals surface area contributed by atoms with Gasteiger partial charge in [-0.2, -0.15) is 0 Å². The molecule has 0 aromatic heterocycles. The summed E-state index contributed by atoms with van der Waals surface area (Å²) in [5.74, 6) is -0.365. The monoisotopic (exact) mass is 240 g/mol. The summed E-state index contributed by atoms with van der Waals surface area (Å²) in [5.41, 5.74) is -0.627. The van der Waals surface area contributed by atoms with E-state index in [0.717, 1.165) is 12.8 Å². The van der Waals surface area contributed by atoms with Crippen molar-refractivity contribution in [3.63, 3.8) is 0 Å². The van der Waals surface area contributed by atoms with Crippen LogP contribution in [-0.2, 0) is 19.1 Å². The molecule has 0 radical (unpaired) electrons. The van der Waals surface area contributed by atoms with Crippen LogP contribution in [0.15, 0.2) is 0 Å². The van der Waals surface area contributed by atoms with Crippen molar-refractivity contribution in [3.05, 3.63) is 0 Å². The minimum absolute atomic E-state index is 0.0147. The first kappa shape index (κ1) is 12.4. The van der Waals surface area contributed by atoms with Crippen molar-refractivity contribution in [2.24, 2.45) is 16.7 Å². The summed E-state index contributed by atoms with van der Waals surface area (Å²) >= 11 is 0. The summed E-state index contributed by atoms with van der Waals surface area (Å²) in [4.78, 5) is 23.2. The van der Waals surface area contributed by atoms with Crippen LogP contribution in [0.3, 0.4) is 0 Å². The van der Waals surface area contributed by atoms with Gasteiger partial charge >= 0.3 is 11.9 Å². The molecule has 1 heterocycles. The summed E-state index contributed by atoms with van der Waals surface area (Å²) in [7, 11) is 0. The normalized spacial score (nSPS) is 35.9. The molecule has 0 aromatic rings. The van der Waals surface area contributed by atoms with Crippen LogP contribution in [0.4, 0.5) is 0 Å². The maximum atomic E-state index is 11.7. The molecule has 0 N–H and O–H groups in total. The van der Waals surface area contributed by atoms with Crippen LogP contribution in [0, 0.1) is 16.7 Å². The zero-order chi connectivity index (χ0) is 12.8. The number of carbonyl (C=O) groups is 2. The van der Waals surface area contributed by atoms with Crippen LogP contribution < -0.4 is 0 Å². The van der Waals surface area contributed by atoms with Crippen molar-refractivity contribution in [2.45, 2.75) is 46.6 Å². The summed E-state index contributed by atoms with van der Waals surface area (Å²) in [6.07, 6.45) is 1.61. The minimum atomic E-state index is -0.511. The second-order valence-corrected chi connectivity index (χ2v) is 6.37. The van der Waals surface area contributed by atoms with E-state index in [-0.39, 0.29) is 36.0 Å². The van der Waals surface area contributed by atoms with E-state index < -0.39 is 5.41 Å². The van der Waals surface area contributed by atoms with Crippen LogP contribution in [0.5, 0.6) is 0 Å². The van der Waals surface area contributed by atoms with E-state index >= 15 is 0 Å². The molecular weight excluding hydrogens is 220 g/mol. The number of carbonyl (C=O) groups excluding carboxylic acids is 2. The maximum absolute atomic E-state index is 11.7. The van der Waals surface area contributed by atoms with Crippen molar-refractivity contribution >= 4 is 11.9 Å². The third kappa shape index (κ3) is 1.94. The highest BCUT2D eigenvalue weighted by Gasteiger charge is 2.60. The molecule has 2 aliphatic rings. The van der Waals surface area contributed by atoms with Crippen molar-refractivity contribution in [1.29, 1.82) is 0 Å². The van der Waals surface area contributed by atoms with Gasteiger partial charge in [0, 0.05) is 5.41 Å². The molecule has 1 aliphatic carbocycles. The Morgan fingerprint density at radius 2 is 2.18 bits per heavy atom. The van der Waals surface area contributed by atoms with E-state index in [2.05, 4.69) is 0 Å². The Labute approximate surface area is 102 Å². The van der Waals surface area contributed by atoms with Crippen LogP contribution in [-0.4, -0.2) is 24.6 Å². The molecule has 1 saturated carbocycles. The summed E-state index contributed by atoms with van der Waals surface area (Å²) < 4.78 is 10.5. The molecule has 2 fully saturated rings. The minimum Gasteiger partial charge on any atom is -0.461 e. The van der Waals surface area contributed by atoms with Gasteiger partial charge in [-0.05, 0) is 33.6 Å². The molecular formula is C13H20O4. The standard InChI is InChI=1S/C13H20O4/c1-12(2,3)11(15)16-7-9-13(4)6-5-8(13)10(14)17-9/h8-9H,5-7H2,1-4H3/t8-,9+,13-/m0/s1. The molecule has 0 amide bonds. The number of cyclic esters (lactones) is 1. The van der Waals surface area contributed by atoms with Crippen LogP contribution in [0.2, 0.25) is 0 Å². The average molecular weight is 240 g/mol. The number of fused-ring (bicyclic) bond motifs is 1. The first-order valence-corrected chi connectivity index (χ1v) is 6.13. The second kappa shape index (κ2) is 3.72. The van der Waals surface area contributed by atoms with Gasteiger partial charge in [0.2, 0.25) is 0 Å². The van der Waals surface area contributed by atoms with Crippen molar-refractivity contribution in [2.75, 3.05) is 6.61 Å². The summed E-state index contributed by atoms with van der Waals surface area (Å²) in [6, 6.07) is 0. The van der Waals surface area contributed by atoms with Gasteiger partial charge in [-0.1, -0.05) is 6.92 Å². The number of hydrogen-bond acceptors (Lipinski definition) is 4. The lowest BCUT2D eigenvalue weighted by Crippen LogP contribution is -2.44. The van der Waals surface area contributed by atoms with E-state index in [9.17, 15) is 9.59 Å². The molecule has 4 heteroatoms. The second-order valence-electron chi connectivity index (χ2n) is 6.37. The van der Waals surface area contributed by atoms with Crippen LogP contribution in [0.1, 0.15) is 40.5 Å². The molecule has 3 atom stereocenters. The number of ether oxygens (including phenoxy) is 2. The SMILES string of the molecule is CC(C)(C)C(=O)OC[C@H]1OC(=O)[C@@H]2CC[C@]12C. The molecule has 1 saturated heterocycles. The van der Waals surface area contributed by atoms with Crippen molar-refractivity contribution < 1.29 is 19.1 Å². The van der Waals surface area contributed by atoms with Gasteiger partial charge < -0.3 is 9.47 Å². The topological polar surface area (TPSA) is 52.6 Å². The number of esters is 2. The number of rotatable bonds is 2. The third-order valence-electron chi connectivity index (χ3n) is 4.02. The van der Waals surface area contributed by atoms with Gasteiger partial charge in [0.15, 0.2) is 0 Å². The fraction of sp³-hybridized carbons (Fsp3) is 0.846. The van der Waals surface area contributed by atoms with Gasteiger partial charge in [-0.25, -0.2) is 0 Å². The quantitative estimate of drug-likeness (QED) is 0.692. The highest BCUT2D eigenvalue weighted by Crippen LogP contribution is 2.55. The maximum Gasteiger partial charge on any atom is 0.311 e. The summed E-state index contributed by atoms with van der Waals surface area (Å²) in [5, 5.41) is 0.